The number of aryl methyl sites for hydroxylation is 1. The van der Waals surface area contributed by atoms with Gasteiger partial charge in [0, 0.05) is 19.6 Å². The summed E-state index contributed by atoms with van der Waals surface area (Å²) in [6.45, 7) is 5.69. The zero-order chi connectivity index (χ0) is 10.5. The Labute approximate surface area is 89.8 Å². The number of rotatable bonds is 4. The van der Waals surface area contributed by atoms with Crippen LogP contribution in [0.3, 0.4) is 0 Å². The summed E-state index contributed by atoms with van der Waals surface area (Å²) in [5.74, 6) is 0.954. The molecule has 0 spiro atoms. The van der Waals surface area contributed by atoms with Gasteiger partial charge in [-0.3, -0.25) is 0 Å². The summed E-state index contributed by atoms with van der Waals surface area (Å²) in [5, 5.41) is 11.4. The van der Waals surface area contributed by atoms with Gasteiger partial charge in [0.05, 0.1) is 6.61 Å². The van der Waals surface area contributed by atoms with Gasteiger partial charge in [-0.25, -0.2) is 0 Å². The van der Waals surface area contributed by atoms with Gasteiger partial charge >= 0.3 is 0 Å². The van der Waals surface area contributed by atoms with Crippen molar-refractivity contribution < 1.29 is 4.74 Å². The summed E-state index contributed by atoms with van der Waals surface area (Å²) in [7, 11) is 0. The Morgan fingerprint density at radius 3 is 3.33 bits per heavy atom. The minimum atomic E-state index is 0.0677. The third kappa shape index (κ3) is 2.54. The molecule has 0 amide bonds. The van der Waals surface area contributed by atoms with Crippen molar-refractivity contribution in [1.29, 1.82) is 0 Å². The number of nitrogens with one attached hydrogen (secondary N) is 1. The quantitative estimate of drug-likeness (QED) is 0.796. The van der Waals surface area contributed by atoms with Crippen molar-refractivity contribution in [3.8, 4) is 0 Å². The molecule has 1 unspecified atom stereocenters. The zero-order valence-electron chi connectivity index (χ0n) is 9.15. The Morgan fingerprint density at radius 2 is 2.60 bits per heavy atom. The van der Waals surface area contributed by atoms with E-state index in [0.717, 1.165) is 38.5 Å². The van der Waals surface area contributed by atoms with Crippen molar-refractivity contribution in [3.05, 3.63) is 12.2 Å². The molecule has 5 heteroatoms. The number of nitrogens with zero attached hydrogens (tertiary/aromatic N) is 3. The van der Waals surface area contributed by atoms with Gasteiger partial charge in [0.1, 0.15) is 12.4 Å². The Bertz CT molecular complexity index is 293. The second-order valence-electron chi connectivity index (χ2n) is 3.80. The molecule has 0 radical (unpaired) electrons. The molecule has 0 bridgehead atoms. The number of hydrogen-bond donors (Lipinski definition) is 1. The van der Waals surface area contributed by atoms with Gasteiger partial charge in [-0.05, 0) is 6.42 Å². The van der Waals surface area contributed by atoms with Crippen LogP contribution in [-0.2, 0) is 11.3 Å². The predicted molar refractivity (Wildman–Crippen MR) is 56.5 cm³/mol. The van der Waals surface area contributed by atoms with Crippen molar-refractivity contribution in [3.63, 3.8) is 0 Å². The highest BCUT2D eigenvalue weighted by Crippen LogP contribution is 2.16. The van der Waals surface area contributed by atoms with Crippen LogP contribution >= 0.6 is 0 Å². The lowest BCUT2D eigenvalue weighted by atomic mass is 10.2. The molecule has 1 atom stereocenters. The molecule has 1 fully saturated rings. The first-order valence-corrected chi connectivity index (χ1v) is 5.62. The van der Waals surface area contributed by atoms with Crippen molar-refractivity contribution in [2.75, 3.05) is 19.7 Å². The molecule has 1 aromatic rings. The van der Waals surface area contributed by atoms with E-state index in [4.69, 9.17) is 4.74 Å². The maximum atomic E-state index is 5.66. The largest absolute Gasteiger partial charge is 0.368 e. The van der Waals surface area contributed by atoms with Crippen LogP contribution in [0.2, 0.25) is 0 Å². The summed E-state index contributed by atoms with van der Waals surface area (Å²) in [4.78, 5) is 0. The standard InChI is InChI=1S/C10H18N4O/c1-2-3-5-14-8-12-13-10(14)9-7-11-4-6-15-9/h8-9,11H,2-7H2,1H3. The number of aromatic nitrogens is 3. The summed E-state index contributed by atoms with van der Waals surface area (Å²) in [6, 6.07) is 0. The van der Waals surface area contributed by atoms with Crippen LogP contribution < -0.4 is 5.32 Å². The fraction of sp³-hybridized carbons (Fsp3) is 0.800. The summed E-state index contributed by atoms with van der Waals surface area (Å²) >= 11 is 0. The normalized spacial score (nSPS) is 21.8. The maximum absolute atomic E-state index is 5.66. The van der Waals surface area contributed by atoms with E-state index in [0.29, 0.717) is 0 Å². The van der Waals surface area contributed by atoms with Gasteiger partial charge in [-0.15, -0.1) is 10.2 Å². The topological polar surface area (TPSA) is 52.0 Å². The molecule has 1 saturated heterocycles. The monoisotopic (exact) mass is 210 g/mol. The molecule has 1 aromatic heterocycles. The lowest BCUT2D eigenvalue weighted by molar-refractivity contribution is 0.0196. The highest BCUT2D eigenvalue weighted by atomic mass is 16.5. The minimum Gasteiger partial charge on any atom is -0.368 e. The van der Waals surface area contributed by atoms with E-state index in [1.165, 1.54) is 6.42 Å². The molecule has 0 saturated carbocycles. The van der Waals surface area contributed by atoms with E-state index >= 15 is 0 Å². The lowest BCUT2D eigenvalue weighted by Crippen LogP contribution is -2.34. The molecule has 1 N–H and O–H groups in total. The second kappa shape index (κ2) is 5.23. The van der Waals surface area contributed by atoms with Crippen molar-refractivity contribution in [2.24, 2.45) is 0 Å². The van der Waals surface area contributed by atoms with E-state index in [9.17, 15) is 0 Å². The molecule has 2 heterocycles. The number of morpholine rings is 1. The zero-order valence-corrected chi connectivity index (χ0v) is 9.15. The van der Waals surface area contributed by atoms with E-state index in [2.05, 4.69) is 27.0 Å². The Kier molecular flexibility index (Phi) is 3.69. The van der Waals surface area contributed by atoms with Crippen LogP contribution in [-0.4, -0.2) is 34.5 Å². The Morgan fingerprint density at radius 1 is 1.67 bits per heavy atom. The van der Waals surface area contributed by atoms with Crippen LogP contribution in [0.5, 0.6) is 0 Å². The van der Waals surface area contributed by atoms with Crippen LogP contribution in [0.25, 0.3) is 0 Å². The highest BCUT2D eigenvalue weighted by molar-refractivity contribution is 4.94. The van der Waals surface area contributed by atoms with Crippen molar-refractivity contribution in [1.82, 2.24) is 20.1 Å². The van der Waals surface area contributed by atoms with Crippen LogP contribution in [0.4, 0.5) is 0 Å². The second-order valence-corrected chi connectivity index (χ2v) is 3.80. The summed E-state index contributed by atoms with van der Waals surface area (Å²) in [5.41, 5.74) is 0. The molecule has 5 nitrogen and oxygen atoms in total. The van der Waals surface area contributed by atoms with E-state index < -0.39 is 0 Å². The van der Waals surface area contributed by atoms with Crippen LogP contribution in [0, 0.1) is 0 Å². The first kappa shape index (κ1) is 10.6. The summed E-state index contributed by atoms with van der Waals surface area (Å²) in [6.07, 6.45) is 4.20. The van der Waals surface area contributed by atoms with E-state index in [-0.39, 0.29) is 6.10 Å². The van der Waals surface area contributed by atoms with E-state index in [1.807, 2.05) is 0 Å². The Hall–Kier alpha value is -0.940. The van der Waals surface area contributed by atoms with Crippen LogP contribution in [0.15, 0.2) is 6.33 Å². The van der Waals surface area contributed by atoms with E-state index in [1.54, 1.807) is 6.33 Å². The molecule has 84 valence electrons. The fourth-order valence-corrected chi connectivity index (χ4v) is 1.75. The average molecular weight is 210 g/mol. The number of hydrogen-bond acceptors (Lipinski definition) is 4. The van der Waals surface area contributed by atoms with Crippen molar-refractivity contribution >= 4 is 0 Å². The molecule has 1 aliphatic rings. The molecule has 2 rings (SSSR count). The van der Waals surface area contributed by atoms with Gasteiger partial charge < -0.3 is 14.6 Å². The number of unbranched alkanes of at least 4 members (excludes halogenated alkanes) is 1. The molecule has 0 aromatic carbocycles. The van der Waals surface area contributed by atoms with Gasteiger partial charge in [0.25, 0.3) is 0 Å². The maximum Gasteiger partial charge on any atom is 0.163 e. The Balaban J connectivity index is 2.02. The average Bonchev–Trinajstić information content (AvgIpc) is 2.75. The molecule has 15 heavy (non-hydrogen) atoms. The van der Waals surface area contributed by atoms with Gasteiger partial charge in [-0.2, -0.15) is 0 Å². The van der Waals surface area contributed by atoms with Crippen LogP contribution in [0.1, 0.15) is 31.7 Å². The third-order valence-corrected chi connectivity index (χ3v) is 2.61. The van der Waals surface area contributed by atoms with Gasteiger partial charge in [-0.1, -0.05) is 13.3 Å². The first-order valence-electron chi connectivity index (χ1n) is 5.62. The molecular weight excluding hydrogens is 192 g/mol. The predicted octanol–water partition coefficient (Wildman–Crippen LogP) is 0.739. The van der Waals surface area contributed by atoms with Crippen molar-refractivity contribution in [2.45, 2.75) is 32.4 Å². The molecule has 0 aliphatic carbocycles. The van der Waals surface area contributed by atoms with Gasteiger partial charge in [0.15, 0.2) is 5.82 Å². The smallest absolute Gasteiger partial charge is 0.163 e. The summed E-state index contributed by atoms with van der Waals surface area (Å²) < 4.78 is 7.76. The lowest BCUT2D eigenvalue weighted by Gasteiger charge is -2.23. The molecule has 1 aliphatic heterocycles. The SMILES string of the molecule is CCCCn1cnnc1C1CNCCO1. The number of ether oxygens (including phenoxy) is 1. The third-order valence-electron chi connectivity index (χ3n) is 2.61. The molecular formula is C10H18N4O. The fourth-order valence-electron chi connectivity index (χ4n) is 1.75. The minimum absolute atomic E-state index is 0.0677. The first-order chi connectivity index (χ1) is 7.42. The highest BCUT2D eigenvalue weighted by Gasteiger charge is 2.20. The van der Waals surface area contributed by atoms with Gasteiger partial charge in [0.2, 0.25) is 0 Å².